The van der Waals surface area contributed by atoms with Gasteiger partial charge in [-0.2, -0.15) is 0 Å². The van der Waals surface area contributed by atoms with Gasteiger partial charge in [0.15, 0.2) is 6.10 Å². The highest BCUT2D eigenvalue weighted by Crippen LogP contribution is 2.17. The molecular weight excluding hydrogens is 697 g/mol. The number of ether oxygens (including phenoxy) is 3. The minimum absolute atomic E-state index is 0.0644. The minimum atomic E-state index is -0.761. The molecule has 0 radical (unpaired) electrons. The molecule has 0 aliphatic rings. The average molecular weight is 793 g/mol. The molecule has 56 heavy (non-hydrogen) atoms. The Labute approximate surface area is 348 Å². The third kappa shape index (κ3) is 43.5. The lowest BCUT2D eigenvalue weighted by atomic mass is 10.0. The summed E-state index contributed by atoms with van der Waals surface area (Å²) >= 11 is 0. The van der Waals surface area contributed by atoms with Crippen molar-refractivity contribution in [3.63, 3.8) is 0 Å². The summed E-state index contributed by atoms with van der Waals surface area (Å²) in [6, 6.07) is 0. The lowest BCUT2D eigenvalue weighted by Crippen LogP contribution is -2.30. The summed E-state index contributed by atoms with van der Waals surface area (Å²) in [6.07, 6.45) is 42.3. The first-order valence-corrected chi connectivity index (χ1v) is 24.7. The Bertz CT molecular complexity index is 854. The van der Waals surface area contributed by atoms with Gasteiger partial charge in [0.05, 0.1) is 0 Å². The molecule has 0 aliphatic carbocycles. The highest BCUT2D eigenvalue weighted by atomic mass is 16.6. The van der Waals surface area contributed by atoms with Gasteiger partial charge in [0.1, 0.15) is 13.2 Å². The van der Waals surface area contributed by atoms with Gasteiger partial charge < -0.3 is 14.2 Å². The molecular formula is C50H96O6. The van der Waals surface area contributed by atoms with Crippen molar-refractivity contribution in [1.29, 1.82) is 0 Å². The van der Waals surface area contributed by atoms with E-state index in [2.05, 4.69) is 34.6 Å². The molecule has 0 saturated carbocycles. The Morgan fingerprint density at radius 2 is 0.589 bits per heavy atom. The molecule has 0 aliphatic heterocycles. The highest BCUT2D eigenvalue weighted by Gasteiger charge is 2.19. The van der Waals surface area contributed by atoms with E-state index in [0.717, 1.165) is 69.6 Å². The Morgan fingerprint density at radius 1 is 0.339 bits per heavy atom. The van der Waals surface area contributed by atoms with Gasteiger partial charge in [-0.3, -0.25) is 14.4 Å². The van der Waals surface area contributed by atoms with Crippen molar-refractivity contribution < 1.29 is 28.6 Å². The third-order valence-corrected chi connectivity index (χ3v) is 11.2. The average Bonchev–Trinajstić information content (AvgIpc) is 3.16. The molecule has 332 valence electrons. The molecule has 0 fully saturated rings. The number of esters is 3. The molecule has 6 heteroatoms. The number of carbonyl (C=O) groups excluding carboxylic acids is 3. The van der Waals surface area contributed by atoms with Gasteiger partial charge in [-0.25, -0.2) is 0 Å². The smallest absolute Gasteiger partial charge is 0.306 e. The second-order valence-corrected chi connectivity index (χ2v) is 18.1. The van der Waals surface area contributed by atoms with Crippen molar-refractivity contribution in [2.24, 2.45) is 11.8 Å². The van der Waals surface area contributed by atoms with Crippen LogP contribution in [0.1, 0.15) is 272 Å². The lowest BCUT2D eigenvalue weighted by Gasteiger charge is -2.18. The fraction of sp³-hybridized carbons (Fsp3) is 0.940. The predicted molar refractivity (Wildman–Crippen MR) is 238 cm³/mol. The number of carbonyl (C=O) groups is 3. The molecule has 0 heterocycles. The molecule has 0 saturated heterocycles. The van der Waals surface area contributed by atoms with Crippen molar-refractivity contribution in [3.8, 4) is 0 Å². The van der Waals surface area contributed by atoms with Crippen molar-refractivity contribution >= 4 is 17.9 Å². The topological polar surface area (TPSA) is 78.9 Å². The first-order valence-electron chi connectivity index (χ1n) is 24.7. The van der Waals surface area contributed by atoms with Gasteiger partial charge >= 0.3 is 17.9 Å². The van der Waals surface area contributed by atoms with Crippen molar-refractivity contribution in [2.45, 2.75) is 278 Å². The quantitative estimate of drug-likeness (QED) is 0.0347. The summed E-state index contributed by atoms with van der Waals surface area (Å²) in [5.41, 5.74) is 0. The van der Waals surface area contributed by atoms with Gasteiger partial charge in [-0.05, 0) is 31.1 Å². The van der Waals surface area contributed by atoms with E-state index in [1.165, 1.54) is 161 Å². The number of rotatable bonds is 44. The maximum atomic E-state index is 12.7. The summed E-state index contributed by atoms with van der Waals surface area (Å²) < 4.78 is 16.8. The van der Waals surface area contributed by atoms with Crippen molar-refractivity contribution in [3.05, 3.63) is 0 Å². The fourth-order valence-electron chi connectivity index (χ4n) is 7.46. The summed E-state index contributed by atoms with van der Waals surface area (Å²) in [4.78, 5) is 37.8. The molecule has 1 atom stereocenters. The van der Waals surface area contributed by atoms with Crippen LogP contribution in [0.3, 0.4) is 0 Å². The zero-order chi connectivity index (χ0) is 41.2. The summed E-state index contributed by atoms with van der Waals surface area (Å²) in [6.45, 7) is 11.3. The Hall–Kier alpha value is -1.59. The maximum absolute atomic E-state index is 12.7. The van der Waals surface area contributed by atoms with Crippen LogP contribution in [-0.2, 0) is 28.6 Å². The first kappa shape index (κ1) is 54.4. The number of unbranched alkanes of at least 4 members (excludes halogenated alkanes) is 29. The molecule has 0 aromatic carbocycles. The molecule has 0 bridgehead atoms. The Kier molecular flexibility index (Phi) is 41.8. The summed E-state index contributed by atoms with van der Waals surface area (Å²) in [5.74, 6) is 0.761. The fourth-order valence-corrected chi connectivity index (χ4v) is 7.46. The molecule has 0 amide bonds. The van der Waals surface area contributed by atoms with Crippen LogP contribution in [-0.4, -0.2) is 37.2 Å². The van der Waals surface area contributed by atoms with Crippen LogP contribution in [0.25, 0.3) is 0 Å². The largest absolute Gasteiger partial charge is 0.462 e. The zero-order valence-electron chi connectivity index (χ0n) is 38.3. The summed E-state index contributed by atoms with van der Waals surface area (Å²) in [5, 5.41) is 0. The van der Waals surface area contributed by atoms with E-state index in [-0.39, 0.29) is 31.1 Å². The van der Waals surface area contributed by atoms with Crippen LogP contribution >= 0.6 is 0 Å². The van der Waals surface area contributed by atoms with E-state index in [1.54, 1.807) is 0 Å². The van der Waals surface area contributed by atoms with Gasteiger partial charge in [-0.1, -0.05) is 234 Å². The van der Waals surface area contributed by atoms with Gasteiger partial charge in [0.25, 0.3) is 0 Å². The van der Waals surface area contributed by atoms with Gasteiger partial charge in [0, 0.05) is 19.3 Å². The van der Waals surface area contributed by atoms with Crippen molar-refractivity contribution in [1.82, 2.24) is 0 Å². The highest BCUT2D eigenvalue weighted by molar-refractivity contribution is 5.71. The monoisotopic (exact) mass is 793 g/mol. The van der Waals surface area contributed by atoms with Crippen LogP contribution in [0.4, 0.5) is 0 Å². The van der Waals surface area contributed by atoms with Gasteiger partial charge in [0.2, 0.25) is 0 Å². The number of hydrogen-bond acceptors (Lipinski definition) is 6. The van der Waals surface area contributed by atoms with E-state index in [0.29, 0.717) is 19.3 Å². The molecule has 0 N–H and O–H groups in total. The van der Waals surface area contributed by atoms with E-state index in [4.69, 9.17) is 14.2 Å². The Balaban J connectivity index is 4.32. The Morgan fingerprint density at radius 3 is 0.875 bits per heavy atom. The molecule has 0 unspecified atom stereocenters. The number of hydrogen-bond donors (Lipinski definition) is 0. The van der Waals surface area contributed by atoms with Crippen LogP contribution in [0, 0.1) is 11.8 Å². The second kappa shape index (κ2) is 43.0. The third-order valence-electron chi connectivity index (χ3n) is 11.2. The summed E-state index contributed by atoms with van der Waals surface area (Å²) in [7, 11) is 0. The van der Waals surface area contributed by atoms with Crippen LogP contribution < -0.4 is 0 Å². The lowest BCUT2D eigenvalue weighted by molar-refractivity contribution is -0.167. The van der Waals surface area contributed by atoms with Crippen LogP contribution in [0.2, 0.25) is 0 Å². The van der Waals surface area contributed by atoms with E-state index < -0.39 is 6.10 Å². The molecule has 0 spiro atoms. The van der Waals surface area contributed by atoms with Crippen molar-refractivity contribution in [2.75, 3.05) is 13.2 Å². The van der Waals surface area contributed by atoms with E-state index in [9.17, 15) is 14.4 Å². The predicted octanol–water partition coefficient (Wildman–Crippen LogP) is 15.8. The maximum Gasteiger partial charge on any atom is 0.306 e. The first-order chi connectivity index (χ1) is 27.2. The van der Waals surface area contributed by atoms with E-state index in [1.807, 2.05) is 0 Å². The van der Waals surface area contributed by atoms with E-state index >= 15 is 0 Å². The molecule has 0 aromatic rings. The molecule has 0 aromatic heterocycles. The SMILES string of the molecule is CCCCCCCCCCCCCCCCC(=O)OC[C@H](COC(=O)CCCCCCCCCCCC(C)C)OC(=O)CCCCCCCCCCCC(C)C. The van der Waals surface area contributed by atoms with Gasteiger partial charge in [-0.15, -0.1) is 0 Å². The van der Waals surface area contributed by atoms with Crippen LogP contribution in [0.15, 0.2) is 0 Å². The normalized spacial score (nSPS) is 12.1. The second-order valence-electron chi connectivity index (χ2n) is 18.1. The minimum Gasteiger partial charge on any atom is -0.462 e. The zero-order valence-corrected chi connectivity index (χ0v) is 38.3. The standard InChI is InChI=1S/C50H96O6/c1-6-7-8-9-10-11-12-13-14-15-20-25-30-35-40-48(51)54-43-47(56-50(53)42-37-32-27-22-17-19-24-29-34-39-46(4)5)44-55-49(52)41-36-31-26-21-16-18-23-28-33-38-45(2)3/h45-47H,6-44H2,1-5H3/t47-/m1/s1. The molecule has 6 nitrogen and oxygen atoms in total. The van der Waals surface area contributed by atoms with Crippen LogP contribution in [0.5, 0.6) is 0 Å². The molecule has 0 rings (SSSR count).